The topological polar surface area (TPSA) is 42.0 Å². The van der Waals surface area contributed by atoms with Gasteiger partial charge >= 0.3 is 0 Å². The molecular weight excluding hydrogens is 292 g/mol. The molecule has 1 N–H and O–H groups in total. The molecule has 0 unspecified atom stereocenters. The summed E-state index contributed by atoms with van der Waals surface area (Å²) in [5.41, 5.74) is 4.25. The van der Waals surface area contributed by atoms with E-state index in [1.54, 1.807) is 18.0 Å². The Bertz CT molecular complexity index is 626. The number of aryl methyl sites for hydroxylation is 1. The smallest absolute Gasteiger partial charge is 0.234 e. The van der Waals surface area contributed by atoms with Crippen LogP contribution in [0, 0.1) is 6.92 Å². The normalized spacial score (nSPS) is 10.7. The molecule has 0 bridgehead atoms. The fourth-order valence-corrected chi connectivity index (χ4v) is 2.99. The zero-order valence-electron chi connectivity index (χ0n) is 13.3. The van der Waals surface area contributed by atoms with Gasteiger partial charge in [0.25, 0.3) is 0 Å². The minimum absolute atomic E-state index is 0.0390. The Morgan fingerprint density at radius 2 is 2.05 bits per heavy atom. The molecule has 1 amide bonds. The van der Waals surface area contributed by atoms with Crippen molar-refractivity contribution in [2.24, 2.45) is 0 Å². The van der Waals surface area contributed by atoms with Crippen molar-refractivity contribution in [3.63, 3.8) is 0 Å². The first-order valence-electron chi connectivity index (χ1n) is 7.45. The quantitative estimate of drug-likeness (QED) is 0.860. The van der Waals surface area contributed by atoms with Gasteiger partial charge in [-0.25, -0.2) is 0 Å². The first kappa shape index (κ1) is 16.6. The molecule has 0 spiro atoms. The van der Waals surface area contributed by atoms with Crippen LogP contribution in [0.1, 0.15) is 36.6 Å². The van der Waals surface area contributed by atoms with Gasteiger partial charge in [0.2, 0.25) is 5.91 Å². The van der Waals surface area contributed by atoms with Crippen molar-refractivity contribution >= 4 is 23.4 Å². The number of nitrogens with one attached hydrogen (secondary N) is 1. The lowest BCUT2D eigenvalue weighted by molar-refractivity contribution is -0.113. The van der Waals surface area contributed by atoms with E-state index in [1.165, 1.54) is 5.56 Å². The molecule has 0 atom stereocenters. The van der Waals surface area contributed by atoms with E-state index < -0.39 is 0 Å². The molecule has 0 saturated carbocycles. The van der Waals surface area contributed by atoms with Crippen molar-refractivity contribution in [2.75, 3.05) is 11.1 Å². The maximum atomic E-state index is 12.2. The molecule has 0 aliphatic carbocycles. The Kier molecular flexibility index (Phi) is 6.01. The van der Waals surface area contributed by atoms with Crippen LogP contribution in [0.25, 0.3) is 0 Å². The zero-order valence-corrected chi connectivity index (χ0v) is 14.1. The SMILES string of the molecule is Cc1cccc(C(C)C)c1NC(=O)CSCc1ccccn1. The second-order valence-corrected chi connectivity index (χ2v) is 6.54. The third-order valence-corrected chi connectivity index (χ3v) is 4.37. The largest absolute Gasteiger partial charge is 0.325 e. The number of carbonyl (C=O) groups excluding carboxylic acids is 1. The lowest BCUT2D eigenvalue weighted by Gasteiger charge is -2.16. The van der Waals surface area contributed by atoms with Crippen molar-refractivity contribution in [1.29, 1.82) is 0 Å². The van der Waals surface area contributed by atoms with Gasteiger partial charge in [0.15, 0.2) is 0 Å². The zero-order chi connectivity index (χ0) is 15.9. The number of rotatable bonds is 6. The summed E-state index contributed by atoms with van der Waals surface area (Å²) in [7, 11) is 0. The number of nitrogens with zero attached hydrogens (tertiary/aromatic N) is 1. The van der Waals surface area contributed by atoms with Gasteiger partial charge in [0, 0.05) is 17.6 Å². The lowest BCUT2D eigenvalue weighted by atomic mass is 9.98. The Balaban J connectivity index is 1.92. The molecule has 0 aliphatic rings. The highest BCUT2D eigenvalue weighted by Crippen LogP contribution is 2.27. The molecule has 0 saturated heterocycles. The monoisotopic (exact) mass is 314 g/mol. The minimum atomic E-state index is 0.0390. The highest BCUT2D eigenvalue weighted by molar-refractivity contribution is 7.99. The number of amides is 1. The Morgan fingerprint density at radius 1 is 1.23 bits per heavy atom. The first-order chi connectivity index (χ1) is 10.6. The highest BCUT2D eigenvalue weighted by atomic mass is 32.2. The van der Waals surface area contributed by atoms with Crippen molar-refractivity contribution in [1.82, 2.24) is 4.98 Å². The Labute approximate surface area is 136 Å². The summed E-state index contributed by atoms with van der Waals surface area (Å²) in [5, 5.41) is 3.07. The van der Waals surface area contributed by atoms with E-state index in [-0.39, 0.29) is 5.91 Å². The lowest BCUT2D eigenvalue weighted by Crippen LogP contribution is -2.16. The van der Waals surface area contributed by atoms with Gasteiger partial charge in [-0.05, 0) is 36.1 Å². The number of benzene rings is 1. The maximum Gasteiger partial charge on any atom is 0.234 e. The summed E-state index contributed by atoms with van der Waals surface area (Å²) in [5.74, 6) is 1.61. The first-order valence-corrected chi connectivity index (χ1v) is 8.60. The third-order valence-electron chi connectivity index (χ3n) is 3.40. The summed E-state index contributed by atoms with van der Waals surface area (Å²) in [4.78, 5) is 16.4. The second-order valence-electron chi connectivity index (χ2n) is 5.56. The van der Waals surface area contributed by atoms with Gasteiger partial charge in [0.05, 0.1) is 11.4 Å². The summed E-state index contributed by atoms with van der Waals surface area (Å²) < 4.78 is 0. The molecule has 2 aromatic rings. The molecule has 0 aliphatic heterocycles. The standard InChI is InChI=1S/C18H22N2OS/c1-13(2)16-9-6-7-14(3)18(16)20-17(21)12-22-11-15-8-4-5-10-19-15/h4-10,13H,11-12H2,1-3H3,(H,20,21). The minimum Gasteiger partial charge on any atom is -0.325 e. The van der Waals surface area contributed by atoms with Crippen LogP contribution in [-0.2, 0) is 10.5 Å². The van der Waals surface area contributed by atoms with Crippen LogP contribution in [0.3, 0.4) is 0 Å². The summed E-state index contributed by atoms with van der Waals surface area (Å²) in [6.07, 6.45) is 1.78. The molecule has 1 aromatic heterocycles. The molecule has 1 aromatic carbocycles. The number of anilines is 1. The van der Waals surface area contributed by atoms with Crippen LogP contribution >= 0.6 is 11.8 Å². The number of thioether (sulfide) groups is 1. The highest BCUT2D eigenvalue weighted by Gasteiger charge is 2.12. The van der Waals surface area contributed by atoms with Crippen molar-refractivity contribution in [3.8, 4) is 0 Å². The number of carbonyl (C=O) groups is 1. The fourth-order valence-electron chi connectivity index (χ4n) is 2.25. The predicted octanol–water partition coefficient (Wildman–Crippen LogP) is 4.39. The van der Waals surface area contributed by atoms with E-state index in [0.29, 0.717) is 11.7 Å². The Hall–Kier alpha value is -1.81. The average molecular weight is 314 g/mol. The van der Waals surface area contributed by atoms with Crippen molar-refractivity contribution in [3.05, 3.63) is 59.4 Å². The van der Waals surface area contributed by atoms with Crippen LogP contribution < -0.4 is 5.32 Å². The van der Waals surface area contributed by atoms with E-state index >= 15 is 0 Å². The van der Waals surface area contributed by atoms with E-state index in [9.17, 15) is 4.79 Å². The summed E-state index contributed by atoms with van der Waals surface area (Å²) in [6, 6.07) is 12.0. The second kappa shape index (κ2) is 7.99. The van der Waals surface area contributed by atoms with Crippen LogP contribution in [0.5, 0.6) is 0 Å². The van der Waals surface area contributed by atoms with Gasteiger partial charge < -0.3 is 5.32 Å². The number of aromatic nitrogens is 1. The van der Waals surface area contributed by atoms with Crippen molar-refractivity contribution in [2.45, 2.75) is 32.4 Å². The summed E-state index contributed by atoms with van der Waals surface area (Å²) in [6.45, 7) is 6.31. The predicted molar refractivity (Wildman–Crippen MR) is 94.3 cm³/mol. The van der Waals surface area contributed by atoms with E-state index in [1.807, 2.05) is 37.3 Å². The number of para-hydroxylation sites is 1. The molecule has 0 radical (unpaired) electrons. The van der Waals surface area contributed by atoms with Crippen LogP contribution in [0.4, 0.5) is 5.69 Å². The van der Waals surface area contributed by atoms with Gasteiger partial charge in [-0.2, -0.15) is 0 Å². The number of hydrogen-bond donors (Lipinski definition) is 1. The molecular formula is C18H22N2OS. The van der Waals surface area contributed by atoms with Gasteiger partial charge in [-0.3, -0.25) is 9.78 Å². The van der Waals surface area contributed by atoms with Crippen molar-refractivity contribution < 1.29 is 4.79 Å². The van der Waals surface area contributed by atoms with E-state index in [0.717, 1.165) is 22.7 Å². The van der Waals surface area contributed by atoms with Crippen LogP contribution in [0.15, 0.2) is 42.6 Å². The Morgan fingerprint density at radius 3 is 2.73 bits per heavy atom. The average Bonchev–Trinajstić information content (AvgIpc) is 2.50. The maximum absolute atomic E-state index is 12.2. The fraction of sp³-hybridized carbons (Fsp3) is 0.333. The van der Waals surface area contributed by atoms with E-state index in [4.69, 9.17) is 0 Å². The van der Waals surface area contributed by atoms with Gasteiger partial charge in [-0.1, -0.05) is 38.1 Å². The van der Waals surface area contributed by atoms with E-state index in [2.05, 4.69) is 30.2 Å². The third kappa shape index (κ3) is 4.60. The molecule has 116 valence electrons. The van der Waals surface area contributed by atoms with Crippen LogP contribution in [0.2, 0.25) is 0 Å². The molecule has 1 heterocycles. The van der Waals surface area contributed by atoms with Crippen LogP contribution in [-0.4, -0.2) is 16.6 Å². The molecule has 22 heavy (non-hydrogen) atoms. The summed E-state index contributed by atoms with van der Waals surface area (Å²) >= 11 is 1.58. The molecule has 3 nitrogen and oxygen atoms in total. The number of hydrogen-bond acceptors (Lipinski definition) is 3. The molecule has 0 fully saturated rings. The van der Waals surface area contributed by atoms with Gasteiger partial charge in [0.1, 0.15) is 0 Å². The van der Waals surface area contributed by atoms with Gasteiger partial charge in [-0.15, -0.1) is 11.8 Å². The molecule has 4 heteroatoms. The molecule has 2 rings (SSSR count). The number of pyridine rings is 1.